The number of phenolic OH excluding ortho intramolecular Hbond substituents is 1. The summed E-state index contributed by atoms with van der Waals surface area (Å²) < 4.78 is 33.1. The van der Waals surface area contributed by atoms with Crippen LogP contribution in [-0.4, -0.2) is 112 Å². The molecule has 3 heterocycles. The fourth-order valence-corrected chi connectivity index (χ4v) is 5.22. The number of ether oxygens (including phenoxy) is 6. The van der Waals surface area contributed by atoms with Crippen molar-refractivity contribution in [2.75, 3.05) is 20.3 Å². The summed E-state index contributed by atoms with van der Waals surface area (Å²) in [5, 5.41) is 60.4. The molecule has 0 aromatic heterocycles. The lowest BCUT2D eigenvalue weighted by Gasteiger charge is -2.43. The monoisotopic (exact) mass is 512 g/mol. The van der Waals surface area contributed by atoms with E-state index in [4.69, 9.17) is 28.4 Å². The molecule has 0 unspecified atom stereocenters. The highest BCUT2D eigenvalue weighted by atomic mass is 16.8. The SMILES string of the molecule is COc1cc(C(=O)OC[C@@]23O[C@H]2[C@@H](O)[C@@H]2C=CO[C@@H](O[C@H]4O[C@@H](CO)[C@H](O)[C@@H](O)[C@@H]4O)[C@H]23)ccc1O. The molecule has 2 saturated heterocycles. The third kappa shape index (κ3) is 4.01. The van der Waals surface area contributed by atoms with Crippen LogP contribution in [0, 0.1) is 11.8 Å². The van der Waals surface area contributed by atoms with Crippen molar-refractivity contribution < 1.29 is 63.9 Å². The van der Waals surface area contributed by atoms with Gasteiger partial charge in [0.1, 0.15) is 42.7 Å². The Labute approximate surface area is 205 Å². The number of rotatable bonds is 7. The van der Waals surface area contributed by atoms with Crippen LogP contribution < -0.4 is 4.74 Å². The Morgan fingerprint density at radius 2 is 1.86 bits per heavy atom. The predicted molar refractivity (Wildman–Crippen MR) is 114 cm³/mol. The average molecular weight is 512 g/mol. The van der Waals surface area contributed by atoms with Crippen molar-refractivity contribution in [3.05, 3.63) is 36.1 Å². The summed E-state index contributed by atoms with van der Waals surface area (Å²) in [4.78, 5) is 12.7. The van der Waals surface area contributed by atoms with E-state index in [0.717, 1.165) is 0 Å². The topological polar surface area (TPSA) is 197 Å². The largest absolute Gasteiger partial charge is 0.504 e. The Morgan fingerprint density at radius 1 is 1.08 bits per heavy atom. The smallest absolute Gasteiger partial charge is 0.338 e. The van der Waals surface area contributed by atoms with Crippen LogP contribution in [0.25, 0.3) is 0 Å². The van der Waals surface area contributed by atoms with Crippen LogP contribution in [0.15, 0.2) is 30.5 Å². The molecule has 1 saturated carbocycles. The number of hydrogen-bond acceptors (Lipinski definition) is 13. The maximum Gasteiger partial charge on any atom is 0.338 e. The van der Waals surface area contributed by atoms with Crippen molar-refractivity contribution in [1.82, 2.24) is 0 Å². The third-order valence-corrected chi connectivity index (χ3v) is 7.22. The number of hydrogen-bond donors (Lipinski definition) is 6. The normalized spacial score (nSPS) is 42.7. The van der Waals surface area contributed by atoms with Gasteiger partial charge in [-0.05, 0) is 24.3 Å². The molecule has 6 N–H and O–H groups in total. The lowest BCUT2D eigenvalue weighted by atomic mass is 9.85. The van der Waals surface area contributed by atoms with Crippen molar-refractivity contribution >= 4 is 5.97 Å². The maximum atomic E-state index is 12.7. The van der Waals surface area contributed by atoms with Gasteiger partial charge in [0.2, 0.25) is 6.29 Å². The standard InChI is InChI=1S/C23H28O13/c1-31-12-6-9(2-3-11(12)25)20(30)33-8-23-14-10(15(26)19(23)36-23)4-5-32-21(14)35-22-18(29)17(28)16(27)13(7-24)34-22/h2-6,10,13-19,21-22,24-29H,7-8H2,1H3/t10-,13+,14+,15+,16+,17-,18+,19+,21+,22-,23+/m1/s1. The number of epoxide rings is 1. The molecule has 1 aliphatic carbocycles. The Morgan fingerprint density at radius 3 is 2.58 bits per heavy atom. The van der Waals surface area contributed by atoms with Crippen LogP contribution in [0.2, 0.25) is 0 Å². The minimum atomic E-state index is -1.66. The van der Waals surface area contributed by atoms with Gasteiger partial charge in [-0.15, -0.1) is 0 Å². The predicted octanol–water partition coefficient (Wildman–Crippen LogP) is -2.01. The summed E-state index contributed by atoms with van der Waals surface area (Å²) in [6.07, 6.45) is -7.35. The summed E-state index contributed by atoms with van der Waals surface area (Å²) >= 11 is 0. The number of aliphatic hydroxyl groups is 5. The zero-order valence-electron chi connectivity index (χ0n) is 19.1. The number of carbonyl (C=O) groups is 1. The molecular formula is C23H28O13. The minimum Gasteiger partial charge on any atom is -0.504 e. The van der Waals surface area contributed by atoms with Gasteiger partial charge in [-0.2, -0.15) is 0 Å². The molecule has 1 aromatic rings. The van der Waals surface area contributed by atoms with E-state index < -0.39 is 79.2 Å². The van der Waals surface area contributed by atoms with E-state index in [1.165, 1.54) is 31.6 Å². The number of fused-ring (bicyclic) bond motifs is 3. The van der Waals surface area contributed by atoms with Gasteiger partial charge >= 0.3 is 5.97 Å². The van der Waals surface area contributed by atoms with Crippen LogP contribution in [0.1, 0.15) is 10.4 Å². The molecule has 1 aromatic carbocycles. The quantitative estimate of drug-likeness (QED) is 0.173. The highest BCUT2D eigenvalue weighted by Gasteiger charge is 2.76. The number of phenols is 1. The van der Waals surface area contributed by atoms with E-state index in [9.17, 15) is 35.4 Å². The number of methoxy groups -OCH3 is 1. The molecule has 13 heteroatoms. The van der Waals surface area contributed by atoms with Gasteiger partial charge in [-0.25, -0.2) is 4.79 Å². The first kappa shape index (κ1) is 25.2. The minimum absolute atomic E-state index is 0.0957. The van der Waals surface area contributed by atoms with Gasteiger partial charge in [0, 0.05) is 5.92 Å². The number of aromatic hydroxyl groups is 1. The van der Waals surface area contributed by atoms with Gasteiger partial charge in [-0.1, -0.05) is 0 Å². The third-order valence-electron chi connectivity index (χ3n) is 7.22. The average Bonchev–Trinajstić information content (AvgIpc) is 3.57. The second-order valence-electron chi connectivity index (χ2n) is 9.22. The van der Waals surface area contributed by atoms with Crippen molar-refractivity contribution in [2.24, 2.45) is 11.8 Å². The summed E-state index contributed by atoms with van der Waals surface area (Å²) in [6, 6.07) is 3.99. The molecule has 4 aliphatic rings. The fourth-order valence-electron chi connectivity index (χ4n) is 5.22. The van der Waals surface area contributed by atoms with E-state index in [-0.39, 0.29) is 23.7 Å². The van der Waals surface area contributed by atoms with E-state index in [0.29, 0.717) is 0 Å². The highest BCUT2D eigenvalue weighted by molar-refractivity contribution is 5.90. The molecule has 13 nitrogen and oxygen atoms in total. The van der Waals surface area contributed by atoms with Gasteiger partial charge < -0.3 is 59.1 Å². The van der Waals surface area contributed by atoms with Crippen LogP contribution in [-0.2, 0) is 23.7 Å². The van der Waals surface area contributed by atoms with Crippen LogP contribution in [0.5, 0.6) is 11.5 Å². The zero-order chi connectivity index (χ0) is 25.8. The first-order valence-electron chi connectivity index (χ1n) is 11.4. The second-order valence-corrected chi connectivity index (χ2v) is 9.22. The van der Waals surface area contributed by atoms with Crippen LogP contribution in [0.4, 0.5) is 0 Å². The number of carbonyl (C=O) groups excluding carboxylic acids is 1. The lowest BCUT2D eigenvalue weighted by Crippen LogP contribution is -2.60. The van der Waals surface area contributed by atoms with E-state index >= 15 is 0 Å². The van der Waals surface area contributed by atoms with Gasteiger partial charge in [-0.3, -0.25) is 0 Å². The molecule has 0 bridgehead atoms. The molecule has 3 aliphatic heterocycles. The number of esters is 1. The Kier molecular flexibility index (Phi) is 6.59. The first-order chi connectivity index (χ1) is 17.2. The molecule has 0 radical (unpaired) electrons. The summed E-state index contributed by atoms with van der Waals surface area (Å²) in [5.74, 6) is -1.96. The molecule has 3 fully saturated rings. The number of benzene rings is 1. The number of aliphatic hydroxyl groups excluding tert-OH is 5. The lowest BCUT2D eigenvalue weighted by molar-refractivity contribution is -0.344. The van der Waals surface area contributed by atoms with Crippen LogP contribution in [0.3, 0.4) is 0 Å². The molecule has 36 heavy (non-hydrogen) atoms. The van der Waals surface area contributed by atoms with Gasteiger partial charge in [0.25, 0.3) is 0 Å². The second kappa shape index (κ2) is 9.43. The van der Waals surface area contributed by atoms with E-state index in [1.54, 1.807) is 6.08 Å². The molecular weight excluding hydrogens is 484 g/mol. The fraction of sp³-hybridized carbons (Fsp3) is 0.609. The first-order valence-corrected chi connectivity index (χ1v) is 11.4. The maximum absolute atomic E-state index is 12.7. The molecule has 0 amide bonds. The summed E-state index contributed by atoms with van der Waals surface area (Å²) in [5.41, 5.74) is -1.04. The van der Waals surface area contributed by atoms with Gasteiger partial charge in [0.15, 0.2) is 17.8 Å². The summed E-state index contributed by atoms with van der Waals surface area (Å²) in [6.45, 7) is -0.891. The molecule has 11 atom stereocenters. The van der Waals surface area contributed by atoms with Crippen LogP contribution >= 0.6 is 0 Å². The van der Waals surface area contributed by atoms with E-state index in [2.05, 4.69) is 0 Å². The summed E-state index contributed by atoms with van der Waals surface area (Å²) in [7, 11) is 1.35. The van der Waals surface area contributed by atoms with Crippen molar-refractivity contribution in [3.63, 3.8) is 0 Å². The van der Waals surface area contributed by atoms with Crippen molar-refractivity contribution in [2.45, 2.75) is 54.8 Å². The molecule has 198 valence electrons. The molecule has 5 rings (SSSR count). The highest BCUT2D eigenvalue weighted by Crippen LogP contribution is 2.60. The zero-order valence-corrected chi connectivity index (χ0v) is 19.1. The van der Waals surface area contributed by atoms with E-state index in [1.807, 2.05) is 0 Å². The Bertz CT molecular complexity index is 1010. The Hall–Kier alpha value is -2.49. The van der Waals surface area contributed by atoms with Crippen molar-refractivity contribution in [1.29, 1.82) is 0 Å². The van der Waals surface area contributed by atoms with Crippen molar-refractivity contribution in [3.8, 4) is 11.5 Å². The van der Waals surface area contributed by atoms with Gasteiger partial charge in [0.05, 0.1) is 37.6 Å². The Balaban J connectivity index is 1.32. The molecule has 0 spiro atoms.